The predicted octanol–water partition coefficient (Wildman–Crippen LogP) is 7.44. The first kappa shape index (κ1) is 34.0. The van der Waals surface area contributed by atoms with Gasteiger partial charge in [0.05, 0.1) is 33.4 Å². The molecule has 0 N–H and O–H groups in total. The highest BCUT2D eigenvalue weighted by molar-refractivity contribution is 6.12. The van der Waals surface area contributed by atoms with Gasteiger partial charge in [0.2, 0.25) is 0 Å². The molecule has 4 rings (SSSR count). The Morgan fingerprint density at radius 2 is 0.562 bits per heavy atom. The molecule has 1 aliphatic rings. The third-order valence-corrected chi connectivity index (χ3v) is 6.71. The average molecular weight is 670 g/mol. The molecule has 1 saturated carbocycles. The second kappa shape index (κ2) is 12.1. The predicted molar refractivity (Wildman–Crippen MR) is 137 cm³/mol. The van der Waals surface area contributed by atoms with E-state index in [0.29, 0.717) is 0 Å². The van der Waals surface area contributed by atoms with E-state index in [4.69, 9.17) is 18.1 Å². The number of rotatable bonds is 3. The number of allylic oxidation sites excluding steroid dienone is 6. The van der Waals surface area contributed by atoms with Crippen LogP contribution in [0.15, 0.2) is 16.7 Å². The molecule has 0 heterocycles. The number of nitriles is 4. The number of nitrogens with zero attached hydrogens (tertiary/aromatic N) is 4. The Morgan fingerprint density at radius 1 is 0.354 bits per heavy atom. The Hall–Kier alpha value is -6.88. The lowest BCUT2D eigenvalue weighted by Gasteiger charge is -2.08. The van der Waals surface area contributed by atoms with Gasteiger partial charge in [0.1, 0.15) is 41.0 Å². The maximum Gasteiger partial charge on any atom is 0.180 e. The molecule has 0 unspecified atom stereocenters. The molecule has 0 spiro atoms. The Labute approximate surface area is 259 Å². The number of hydrogen-bond acceptors (Lipinski definition) is 4. The summed E-state index contributed by atoms with van der Waals surface area (Å²) in [6.07, 6.45) is 9.66. The highest BCUT2D eigenvalue weighted by Gasteiger charge is 2.46. The Morgan fingerprint density at radius 3 is 0.729 bits per heavy atom. The third kappa shape index (κ3) is 4.60. The molecule has 3 aromatic rings. The highest BCUT2D eigenvalue weighted by atomic mass is 19.2. The summed E-state index contributed by atoms with van der Waals surface area (Å²) >= 11 is 0. The first-order chi connectivity index (χ1) is 22.6. The lowest BCUT2D eigenvalue weighted by molar-refractivity contribution is 0.447. The molecule has 0 aromatic heterocycles. The first-order valence-electron chi connectivity index (χ1n) is 12.0. The summed E-state index contributed by atoms with van der Waals surface area (Å²) in [5, 5.41) is 38.3. The molecule has 0 bridgehead atoms. The van der Waals surface area contributed by atoms with Gasteiger partial charge in [-0.1, -0.05) is 11.8 Å². The van der Waals surface area contributed by atoms with Crippen molar-refractivity contribution in [1.29, 1.82) is 21.0 Å². The summed E-state index contributed by atoms with van der Waals surface area (Å²) < 4.78 is 178. The normalized spacial score (nSPS) is 13.8. The Kier molecular flexibility index (Phi) is 8.60. The van der Waals surface area contributed by atoms with Crippen molar-refractivity contribution in [3.63, 3.8) is 0 Å². The minimum atomic E-state index is -2.50. The summed E-state index contributed by atoms with van der Waals surface area (Å²) in [6, 6.07) is 3.77. The molecule has 4 nitrogen and oxygen atoms in total. The van der Waals surface area contributed by atoms with Gasteiger partial charge in [-0.25, -0.2) is 52.7 Å². The van der Waals surface area contributed by atoms with Gasteiger partial charge in [0.25, 0.3) is 0 Å². The molecule has 3 aromatic carbocycles. The van der Waals surface area contributed by atoms with E-state index in [0.717, 1.165) is 24.3 Å². The monoisotopic (exact) mass is 670 g/mol. The van der Waals surface area contributed by atoms with E-state index >= 15 is 26.3 Å². The molecule has 0 radical (unpaired) electrons. The van der Waals surface area contributed by atoms with Crippen LogP contribution in [0.1, 0.15) is 33.4 Å². The van der Waals surface area contributed by atoms with E-state index in [2.05, 4.69) is 0 Å². The standard InChI is InChI=1S/C32H2F12N4/c1-3-9-21(33)27(39)18(28(40)22(9)34)11(5-45)15-16(12(6-46)19-29(41)23(35)10(4-2)24(36)30(19)42)17(15)13(7-47)20-31(43)25(37)14(8-48)26(38)32(20)44/h1-2H. The van der Waals surface area contributed by atoms with Crippen LogP contribution >= 0.6 is 0 Å². The second-order valence-corrected chi connectivity index (χ2v) is 9.00. The van der Waals surface area contributed by atoms with Gasteiger partial charge in [-0.2, -0.15) is 21.0 Å². The molecule has 234 valence electrons. The maximum absolute atomic E-state index is 15.1. The largest absolute Gasteiger partial charge is 0.203 e. The van der Waals surface area contributed by atoms with Crippen LogP contribution in [-0.2, 0) is 0 Å². The van der Waals surface area contributed by atoms with Crippen molar-refractivity contribution >= 4 is 16.7 Å². The van der Waals surface area contributed by atoms with Crippen molar-refractivity contribution in [3.8, 4) is 49.0 Å². The quantitative estimate of drug-likeness (QED) is 0.125. The van der Waals surface area contributed by atoms with Crippen molar-refractivity contribution in [2.24, 2.45) is 0 Å². The lowest BCUT2D eigenvalue weighted by Crippen LogP contribution is -2.06. The van der Waals surface area contributed by atoms with Gasteiger partial charge in [-0.3, -0.25) is 0 Å². The van der Waals surface area contributed by atoms with E-state index in [1.807, 2.05) is 0 Å². The van der Waals surface area contributed by atoms with Crippen LogP contribution in [0.2, 0.25) is 0 Å². The summed E-state index contributed by atoms with van der Waals surface area (Å²) in [7, 11) is 0. The molecule has 0 amide bonds. The van der Waals surface area contributed by atoms with Crippen LogP contribution in [-0.4, -0.2) is 0 Å². The molecule has 0 saturated heterocycles. The second-order valence-electron chi connectivity index (χ2n) is 9.00. The first-order valence-corrected chi connectivity index (χ1v) is 12.0. The van der Waals surface area contributed by atoms with Gasteiger partial charge in [0, 0.05) is 16.7 Å². The minimum absolute atomic E-state index is 0.784. The topological polar surface area (TPSA) is 95.2 Å². The fourth-order valence-electron chi connectivity index (χ4n) is 4.55. The van der Waals surface area contributed by atoms with Crippen molar-refractivity contribution in [1.82, 2.24) is 0 Å². The molecular formula is C32H2F12N4. The minimum Gasteiger partial charge on any atom is -0.203 e. The molecule has 16 heteroatoms. The van der Waals surface area contributed by atoms with E-state index in [-0.39, 0.29) is 0 Å². The summed E-state index contributed by atoms with van der Waals surface area (Å²) in [6.45, 7) is 0. The van der Waals surface area contributed by atoms with Crippen LogP contribution in [0, 0.1) is 140 Å². The van der Waals surface area contributed by atoms with Crippen molar-refractivity contribution < 1.29 is 52.7 Å². The number of halogens is 12. The van der Waals surface area contributed by atoms with Gasteiger partial charge in [-0.15, -0.1) is 12.8 Å². The van der Waals surface area contributed by atoms with Crippen molar-refractivity contribution in [2.45, 2.75) is 0 Å². The Balaban J connectivity index is 2.38. The van der Waals surface area contributed by atoms with Gasteiger partial charge < -0.3 is 0 Å². The molecular weight excluding hydrogens is 668 g/mol. The zero-order valence-corrected chi connectivity index (χ0v) is 22.5. The molecule has 0 aliphatic heterocycles. The number of hydrogen-bond donors (Lipinski definition) is 0. The summed E-state index contributed by atoms with van der Waals surface area (Å²) in [5.74, 6) is -26.3. The van der Waals surface area contributed by atoms with Crippen LogP contribution in [0.3, 0.4) is 0 Å². The zero-order valence-electron chi connectivity index (χ0n) is 22.5. The smallest absolute Gasteiger partial charge is 0.180 e. The van der Waals surface area contributed by atoms with Crippen LogP contribution in [0.5, 0.6) is 0 Å². The van der Waals surface area contributed by atoms with Crippen LogP contribution in [0.25, 0.3) is 16.7 Å². The number of terminal acetylenes is 2. The van der Waals surface area contributed by atoms with E-state index in [1.165, 1.54) is 11.8 Å². The van der Waals surface area contributed by atoms with Crippen molar-refractivity contribution in [3.05, 3.63) is 120 Å². The van der Waals surface area contributed by atoms with Gasteiger partial charge in [-0.05, 0) is 0 Å². The van der Waals surface area contributed by atoms with Gasteiger partial charge >= 0.3 is 0 Å². The maximum atomic E-state index is 15.1. The molecule has 48 heavy (non-hydrogen) atoms. The fourth-order valence-corrected chi connectivity index (χ4v) is 4.55. The van der Waals surface area contributed by atoms with E-state index < -0.39 is 137 Å². The van der Waals surface area contributed by atoms with Gasteiger partial charge in [0.15, 0.2) is 69.8 Å². The average Bonchev–Trinajstić information content (AvgIpc) is 3.78. The summed E-state index contributed by atoms with van der Waals surface area (Å²) in [5.41, 5.74) is -20.5. The molecule has 1 aliphatic carbocycles. The van der Waals surface area contributed by atoms with Crippen molar-refractivity contribution in [2.75, 3.05) is 0 Å². The fraction of sp³-hybridized carbons (Fsp3) is 0. The summed E-state index contributed by atoms with van der Waals surface area (Å²) in [4.78, 5) is 0. The molecule has 1 fully saturated rings. The third-order valence-electron chi connectivity index (χ3n) is 6.71. The Bertz CT molecular complexity index is 2060. The zero-order chi connectivity index (χ0) is 36.1. The SMILES string of the molecule is C#Cc1c(F)c(F)c(C(C#N)=C2C(=C(C#N)c3c(F)c(F)c(C#C)c(F)c3F)C2=C(C#N)c2c(F)c(F)c(C#N)c(F)c2F)c(F)c1F. The molecule has 0 atom stereocenters. The highest BCUT2D eigenvalue weighted by Crippen LogP contribution is 2.57. The lowest BCUT2D eigenvalue weighted by atomic mass is 9.98. The number of benzene rings is 3. The van der Waals surface area contributed by atoms with E-state index in [1.54, 1.807) is 0 Å². The van der Waals surface area contributed by atoms with Crippen LogP contribution < -0.4 is 0 Å². The van der Waals surface area contributed by atoms with E-state index in [9.17, 15) is 42.1 Å². The van der Waals surface area contributed by atoms with Crippen LogP contribution in [0.4, 0.5) is 52.7 Å².